The third-order valence-electron chi connectivity index (χ3n) is 7.27. The summed E-state index contributed by atoms with van der Waals surface area (Å²) in [5.41, 5.74) is 2.93. The zero-order valence-electron chi connectivity index (χ0n) is 20.6. The Morgan fingerprint density at radius 2 is 1.79 bits per heavy atom. The molecule has 3 aromatic carbocycles. The molecule has 194 valence electrons. The number of morpholine rings is 1. The molecule has 1 saturated heterocycles. The summed E-state index contributed by atoms with van der Waals surface area (Å²) in [5.74, 6) is -2.76. The van der Waals surface area contributed by atoms with Crippen LogP contribution in [-0.4, -0.2) is 43.7 Å². The Hall–Kier alpha value is -3.91. The second-order valence-corrected chi connectivity index (χ2v) is 9.55. The number of Topliss-reactive ketones (excluding diaryl/α,β-unsaturated/α-hetero) is 1. The first-order chi connectivity index (χ1) is 18.5. The summed E-state index contributed by atoms with van der Waals surface area (Å²) in [6, 6.07) is 14.3. The van der Waals surface area contributed by atoms with Crippen LogP contribution in [0.2, 0.25) is 0 Å². The number of fused-ring (bicyclic) bond motifs is 2. The van der Waals surface area contributed by atoms with Crippen LogP contribution in [0, 0.1) is 17.5 Å². The fourth-order valence-electron chi connectivity index (χ4n) is 5.50. The van der Waals surface area contributed by atoms with Gasteiger partial charge in [0.25, 0.3) is 0 Å². The average Bonchev–Trinajstić information content (AvgIpc) is 2.94. The molecule has 0 aliphatic carbocycles. The molecular weight excluding hydrogens is 493 g/mol. The molecule has 0 spiro atoms. The molecule has 0 saturated carbocycles. The molecule has 6 rings (SSSR count). The Bertz CT molecular complexity index is 1540. The van der Waals surface area contributed by atoms with Gasteiger partial charge in [-0.25, -0.2) is 13.2 Å². The molecule has 0 radical (unpaired) electrons. The predicted octanol–water partition coefficient (Wildman–Crippen LogP) is 5.83. The van der Waals surface area contributed by atoms with Crippen molar-refractivity contribution in [2.45, 2.75) is 18.8 Å². The number of ether oxygens (including phenoxy) is 2. The fourth-order valence-corrected chi connectivity index (χ4v) is 5.50. The van der Waals surface area contributed by atoms with Crippen LogP contribution < -0.4 is 9.64 Å². The van der Waals surface area contributed by atoms with Crippen LogP contribution in [0.25, 0.3) is 22.0 Å². The summed E-state index contributed by atoms with van der Waals surface area (Å²) in [7, 11) is 0. The number of ketones is 1. The lowest BCUT2D eigenvalue weighted by atomic mass is 9.86. The van der Waals surface area contributed by atoms with Gasteiger partial charge in [0, 0.05) is 65.3 Å². The number of carbonyl (C=O) groups excluding carboxylic acids is 1. The Labute approximate surface area is 217 Å². The Morgan fingerprint density at radius 3 is 2.63 bits per heavy atom. The lowest BCUT2D eigenvalue weighted by Gasteiger charge is -2.32. The third-order valence-corrected chi connectivity index (χ3v) is 7.27. The molecule has 1 aromatic heterocycles. The monoisotopic (exact) mass is 518 g/mol. The molecule has 2 aliphatic heterocycles. The van der Waals surface area contributed by atoms with Crippen molar-refractivity contribution in [2.75, 3.05) is 37.8 Å². The third kappa shape index (κ3) is 4.39. The quantitative estimate of drug-likeness (QED) is 0.311. The molecule has 4 aromatic rings. The van der Waals surface area contributed by atoms with Gasteiger partial charge in [-0.2, -0.15) is 0 Å². The number of halogens is 3. The predicted molar refractivity (Wildman–Crippen MR) is 138 cm³/mol. The number of hydrogen-bond donors (Lipinski definition) is 0. The van der Waals surface area contributed by atoms with E-state index in [1.807, 2.05) is 30.3 Å². The molecule has 0 bridgehead atoms. The fraction of sp³-hybridized carbons (Fsp3) is 0.267. The van der Waals surface area contributed by atoms with E-state index >= 15 is 0 Å². The minimum atomic E-state index is -1.26. The first-order valence-corrected chi connectivity index (χ1v) is 12.6. The van der Waals surface area contributed by atoms with Gasteiger partial charge in [-0.3, -0.25) is 9.78 Å². The number of aromatic nitrogens is 1. The highest BCUT2D eigenvalue weighted by atomic mass is 19.2. The zero-order valence-corrected chi connectivity index (χ0v) is 20.6. The van der Waals surface area contributed by atoms with E-state index in [1.165, 1.54) is 0 Å². The molecule has 3 heterocycles. The van der Waals surface area contributed by atoms with Crippen LogP contribution in [0.3, 0.4) is 0 Å². The van der Waals surface area contributed by atoms with E-state index < -0.39 is 17.5 Å². The van der Waals surface area contributed by atoms with Gasteiger partial charge in [0.05, 0.1) is 31.0 Å². The highest BCUT2D eigenvalue weighted by Gasteiger charge is 2.29. The van der Waals surface area contributed by atoms with Crippen molar-refractivity contribution in [1.29, 1.82) is 0 Å². The first kappa shape index (κ1) is 24.4. The van der Waals surface area contributed by atoms with Crippen molar-refractivity contribution < 1.29 is 27.4 Å². The van der Waals surface area contributed by atoms with Crippen molar-refractivity contribution >= 4 is 22.4 Å². The van der Waals surface area contributed by atoms with Crippen LogP contribution in [0.4, 0.5) is 18.9 Å². The molecular formula is C30H25F3N2O3. The number of hydrogen-bond acceptors (Lipinski definition) is 5. The van der Waals surface area contributed by atoms with Crippen molar-refractivity contribution in [2.24, 2.45) is 0 Å². The van der Waals surface area contributed by atoms with E-state index in [-0.39, 0.29) is 29.2 Å². The van der Waals surface area contributed by atoms with Gasteiger partial charge >= 0.3 is 0 Å². The molecule has 38 heavy (non-hydrogen) atoms. The zero-order chi connectivity index (χ0) is 26.2. The second kappa shape index (κ2) is 10.1. The molecule has 1 atom stereocenters. The van der Waals surface area contributed by atoms with Crippen LogP contribution in [0.15, 0.2) is 60.8 Å². The van der Waals surface area contributed by atoms with E-state index in [2.05, 4.69) is 9.88 Å². The summed E-state index contributed by atoms with van der Waals surface area (Å²) in [6.07, 6.45) is 2.38. The molecule has 0 unspecified atom stereocenters. The van der Waals surface area contributed by atoms with Crippen molar-refractivity contribution in [3.63, 3.8) is 0 Å². The molecule has 0 N–H and O–H groups in total. The van der Waals surface area contributed by atoms with Crippen molar-refractivity contribution in [3.8, 4) is 16.9 Å². The van der Waals surface area contributed by atoms with Gasteiger partial charge in [0.1, 0.15) is 17.3 Å². The van der Waals surface area contributed by atoms with Gasteiger partial charge in [-0.15, -0.1) is 0 Å². The van der Waals surface area contributed by atoms with Crippen LogP contribution in [-0.2, 0) is 16.0 Å². The summed E-state index contributed by atoms with van der Waals surface area (Å²) in [6.45, 7) is 2.72. The first-order valence-electron chi connectivity index (χ1n) is 12.6. The molecule has 8 heteroatoms. The minimum Gasteiger partial charge on any atom is -0.493 e. The summed E-state index contributed by atoms with van der Waals surface area (Å²) in [4.78, 5) is 20.4. The Kier molecular flexibility index (Phi) is 6.49. The summed E-state index contributed by atoms with van der Waals surface area (Å²) >= 11 is 0. The highest BCUT2D eigenvalue weighted by molar-refractivity contribution is 6.03. The standard InChI is InChI=1S/C30H25F3N2O3/c31-19-15-24(28(33)25(32)16-19)22-5-3-6-23-29(22)34-17-18(30(23)35-9-12-37-13-10-35)14-26(36)20-8-11-38-27-7-2-1-4-21(20)27/h1-7,15-17,20H,8-14H2/t20-/m1/s1. The maximum absolute atomic E-state index is 14.8. The Balaban J connectivity index is 1.46. The lowest BCUT2D eigenvalue weighted by Crippen LogP contribution is -2.37. The summed E-state index contributed by atoms with van der Waals surface area (Å²) < 4.78 is 54.2. The normalized spacial score (nSPS) is 17.2. The molecule has 5 nitrogen and oxygen atoms in total. The van der Waals surface area contributed by atoms with Gasteiger partial charge in [0.15, 0.2) is 11.6 Å². The van der Waals surface area contributed by atoms with Gasteiger partial charge in [-0.05, 0) is 18.6 Å². The van der Waals surface area contributed by atoms with Gasteiger partial charge in [-0.1, -0.05) is 36.4 Å². The second-order valence-electron chi connectivity index (χ2n) is 9.55. The number of nitrogens with zero attached hydrogens (tertiary/aromatic N) is 2. The number of benzene rings is 3. The van der Waals surface area contributed by atoms with E-state index in [0.717, 1.165) is 28.6 Å². The van der Waals surface area contributed by atoms with Crippen LogP contribution in [0.1, 0.15) is 23.5 Å². The summed E-state index contributed by atoms with van der Waals surface area (Å²) in [5, 5.41) is 0.686. The number of carbonyl (C=O) groups is 1. The van der Waals surface area contributed by atoms with Crippen molar-refractivity contribution in [3.05, 3.63) is 89.4 Å². The Morgan fingerprint density at radius 1 is 0.974 bits per heavy atom. The minimum absolute atomic E-state index is 0.0609. The molecule has 0 amide bonds. The van der Waals surface area contributed by atoms with Crippen LogP contribution in [0.5, 0.6) is 5.75 Å². The lowest BCUT2D eigenvalue weighted by molar-refractivity contribution is -0.120. The number of rotatable bonds is 5. The van der Waals surface area contributed by atoms with Crippen molar-refractivity contribution in [1.82, 2.24) is 4.98 Å². The maximum atomic E-state index is 14.8. The van der Waals surface area contributed by atoms with E-state index in [0.29, 0.717) is 56.3 Å². The largest absolute Gasteiger partial charge is 0.493 e. The van der Waals surface area contributed by atoms with E-state index in [9.17, 15) is 18.0 Å². The van der Waals surface area contributed by atoms with Gasteiger partial charge in [0.2, 0.25) is 0 Å². The van der Waals surface area contributed by atoms with E-state index in [4.69, 9.17) is 9.47 Å². The highest BCUT2D eigenvalue weighted by Crippen LogP contribution is 2.39. The molecule has 2 aliphatic rings. The van der Waals surface area contributed by atoms with E-state index in [1.54, 1.807) is 18.3 Å². The van der Waals surface area contributed by atoms with Gasteiger partial charge < -0.3 is 14.4 Å². The average molecular weight is 519 g/mol. The topological polar surface area (TPSA) is 51.7 Å². The molecule has 1 fully saturated rings. The van der Waals surface area contributed by atoms with Crippen LogP contribution >= 0.6 is 0 Å². The SMILES string of the molecule is O=C(Cc1cnc2c(-c3cc(F)cc(F)c3F)cccc2c1N1CCOCC1)[C@@H]1CCOc2ccccc21. The maximum Gasteiger partial charge on any atom is 0.166 e. The number of pyridine rings is 1. The number of anilines is 1. The number of para-hydroxylation sites is 2. The smallest absolute Gasteiger partial charge is 0.166 e.